The molecule has 0 aliphatic carbocycles. The maximum Gasteiger partial charge on any atom is 0.247 e. The van der Waals surface area contributed by atoms with Crippen molar-refractivity contribution in [3.8, 4) is 11.3 Å². The van der Waals surface area contributed by atoms with Crippen molar-refractivity contribution in [2.24, 2.45) is 0 Å². The number of carbonyl (C=O) groups excluding carboxylic acids is 1. The molecule has 0 saturated heterocycles. The average Bonchev–Trinajstić information content (AvgIpc) is 2.99. The van der Waals surface area contributed by atoms with E-state index in [1.165, 1.54) is 4.42 Å². The largest absolute Gasteiger partial charge is 0.340 e. The van der Waals surface area contributed by atoms with Gasteiger partial charge in [0.25, 0.3) is 0 Å². The third-order valence-electron chi connectivity index (χ3n) is 6.41. The third kappa shape index (κ3) is 4.88. The maximum atomic E-state index is 12.1. The first-order valence-corrected chi connectivity index (χ1v) is 12.2. The van der Waals surface area contributed by atoms with Gasteiger partial charge in [0.2, 0.25) is 11.9 Å². The quantitative estimate of drug-likeness (QED) is 0.291. The summed E-state index contributed by atoms with van der Waals surface area (Å²) in [5.41, 5.74) is 6.21. The number of pyridine rings is 1. The van der Waals surface area contributed by atoms with Gasteiger partial charge in [0, 0.05) is 47.5 Å². The number of nitrogens with zero attached hydrogens (tertiary/aromatic N) is 4. The molecule has 1 amide bonds. The van der Waals surface area contributed by atoms with Crippen LogP contribution in [-0.2, 0) is 10.2 Å². The van der Waals surface area contributed by atoms with Crippen LogP contribution >= 0.6 is 11.8 Å². The Kier molecular flexibility index (Phi) is 6.33. The summed E-state index contributed by atoms with van der Waals surface area (Å²) in [5.74, 6) is 0.969. The molecule has 36 heavy (non-hydrogen) atoms. The molecule has 7 nitrogen and oxygen atoms in total. The second-order valence-electron chi connectivity index (χ2n) is 9.58. The molecule has 0 spiro atoms. The van der Waals surface area contributed by atoms with Gasteiger partial charge >= 0.3 is 0 Å². The van der Waals surface area contributed by atoms with Crippen molar-refractivity contribution >= 4 is 46.5 Å². The highest BCUT2D eigenvalue weighted by Gasteiger charge is 2.29. The molecule has 0 radical (unpaired) electrons. The smallest absolute Gasteiger partial charge is 0.247 e. The Hall–Kier alpha value is -3.97. The Balaban J connectivity index is 1.43. The van der Waals surface area contributed by atoms with Gasteiger partial charge in [0.15, 0.2) is 0 Å². The number of halogens is 1. The minimum Gasteiger partial charge on any atom is -0.340 e. The van der Waals surface area contributed by atoms with E-state index in [1.54, 1.807) is 12.3 Å². The van der Waals surface area contributed by atoms with Crippen LogP contribution in [-0.4, -0.2) is 20.9 Å². The van der Waals surface area contributed by atoms with Crippen LogP contribution in [0, 0.1) is 6.92 Å². The molecule has 0 bridgehead atoms. The zero-order valence-corrected chi connectivity index (χ0v) is 21.2. The number of rotatable bonds is 5. The number of anilines is 5. The first-order valence-electron chi connectivity index (χ1n) is 11.8. The van der Waals surface area contributed by atoms with Gasteiger partial charge in [0.1, 0.15) is 5.82 Å². The van der Waals surface area contributed by atoms with Crippen molar-refractivity contribution < 1.29 is 4.79 Å². The highest BCUT2D eigenvalue weighted by atomic mass is 35.5. The topological polar surface area (TPSA) is 83.0 Å². The number of benzene rings is 2. The van der Waals surface area contributed by atoms with Crippen LogP contribution in [0.4, 0.5) is 28.8 Å². The van der Waals surface area contributed by atoms with E-state index in [1.807, 2.05) is 67.7 Å². The first-order chi connectivity index (χ1) is 17.3. The van der Waals surface area contributed by atoms with Crippen LogP contribution in [0.15, 0.2) is 73.1 Å². The number of amides is 1. The summed E-state index contributed by atoms with van der Waals surface area (Å²) in [6, 6.07) is 19.5. The van der Waals surface area contributed by atoms with E-state index in [9.17, 15) is 4.79 Å². The van der Waals surface area contributed by atoms with Gasteiger partial charge in [-0.3, -0.25) is 9.78 Å². The third-order valence-corrected chi connectivity index (χ3v) is 6.75. The Morgan fingerprint density at radius 1 is 1.06 bits per heavy atom. The van der Waals surface area contributed by atoms with Gasteiger partial charge in [0.05, 0.1) is 11.4 Å². The van der Waals surface area contributed by atoms with Crippen molar-refractivity contribution in [1.29, 1.82) is 0 Å². The molecule has 0 unspecified atom stereocenters. The molecule has 3 heterocycles. The predicted molar refractivity (Wildman–Crippen MR) is 145 cm³/mol. The van der Waals surface area contributed by atoms with E-state index >= 15 is 0 Å². The van der Waals surface area contributed by atoms with Crippen LogP contribution in [0.3, 0.4) is 0 Å². The highest BCUT2D eigenvalue weighted by Crippen LogP contribution is 2.40. The van der Waals surface area contributed by atoms with E-state index in [-0.39, 0.29) is 11.3 Å². The number of aryl methyl sites for hydroxylation is 1. The van der Waals surface area contributed by atoms with Crippen LogP contribution in [0.2, 0.25) is 0 Å². The van der Waals surface area contributed by atoms with Gasteiger partial charge in [-0.2, -0.15) is 4.98 Å². The zero-order valence-electron chi connectivity index (χ0n) is 20.4. The minimum absolute atomic E-state index is 0.0283. The molecule has 2 aromatic heterocycles. The summed E-state index contributed by atoms with van der Waals surface area (Å²) >= 11 is 6.74. The fourth-order valence-electron chi connectivity index (χ4n) is 4.31. The Morgan fingerprint density at radius 3 is 2.69 bits per heavy atom. The maximum absolute atomic E-state index is 12.1. The monoisotopic (exact) mass is 498 g/mol. The highest BCUT2D eigenvalue weighted by molar-refractivity contribution is 6.28. The van der Waals surface area contributed by atoms with Crippen molar-refractivity contribution in [3.05, 3.63) is 84.2 Å². The van der Waals surface area contributed by atoms with Gasteiger partial charge in [-0.15, -0.1) is 0 Å². The number of carbonyl (C=O) groups is 1. The Bertz CT molecular complexity index is 1420. The van der Waals surface area contributed by atoms with E-state index in [0.29, 0.717) is 18.2 Å². The summed E-state index contributed by atoms with van der Waals surface area (Å²) in [4.78, 5) is 25.7. The molecule has 0 saturated carbocycles. The fourth-order valence-corrected chi connectivity index (χ4v) is 4.49. The lowest BCUT2D eigenvalue weighted by Gasteiger charge is -2.26. The summed E-state index contributed by atoms with van der Waals surface area (Å²) < 4.78 is 1.43. The summed E-state index contributed by atoms with van der Waals surface area (Å²) in [5, 5.41) is 6.38. The fraction of sp³-hybridized carbons (Fsp3) is 0.214. The van der Waals surface area contributed by atoms with Crippen LogP contribution < -0.4 is 15.1 Å². The van der Waals surface area contributed by atoms with Gasteiger partial charge in [-0.05, 0) is 66.3 Å². The lowest BCUT2D eigenvalue weighted by Crippen LogP contribution is -2.17. The van der Waals surface area contributed by atoms with E-state index in [2.05, 4.69) is 39.4 Å². The van der Waals surface area contributed by atoms with Gasteiger partial charge in [-0.1, -0.05) is 38.1 Å². The van der Waals surface area contributed by atoms with Crippen LogP contribution in [0.5, 0.6) is 0 Å². The molecule has 182 valence electrons. The number of nitrogens with one attached hydrogen (secondary N) is 2. The number of aromatic nitrogens is 3. The lowest BCUT2D eigenvalue weighted by molar-refractivity contribution is -0.116. The summed E-state index contributed by atoms with van der Waals surface area (Å²) in [7, 11) is 0. The van der Waals surface area contributed by atoms with Crippen molar-refractivity contribution in [1.82, 2.24) is 15.0 Å². The minimum atomic E-state index is -0.180. The second kappa shape index (κ2) is 9.59. The molecule has 1 aliphatic rings. The molecule has 2 aromatic carbocycles. The molecule has 1 aliphatic heterocycles. The SMILES string of the molecule is Cc1ccc(-c2ccccc2Nc2ccnc(N(Cl)c3ccc4c(c3)C(C)(C)CCC(=O)N4)n2)nc1. The number of hydrogen-bond donors (Lipinski definition) is 2. The van der Waals surface area contributed by atoms with Crippen molar-refractivity contribution in [2.75, 3.05) is 15.1 Å². The van der Waals surface area contributed by atoms with Crippen LogP contribution in [0.1, 0.15) is 37.8 Å². The van der Waals surface area contributed by atoms with Crippen molar-refractivity contribution in [3.63, 3.8) is 0 Å². The molecule has 8 heteroatoms. The average molecular weight is 499 g/mol. The number of para-hydroxylation sites is 1. The summed E-state index contributed by atoms with van der Waals surface area (Å²) in [6.07, 6.45) is 4.76. The van der Waals surface area contributed by atoms with Crippen molar-refractivity contribution in [2.45, 2.75) is 39.0 Å². The molecule has 0 atom stereocenters. The molecule has 0 fully saturated rings. The molecule has 5 rings (SSSR count). The normalized spacial score (nSPS) is 14.4. The van der Waals surface area contributed by atoms with E-state index in [0.717, 1.165) is 45.9 Å². The van der Waals surface area contributed by atoms with Crippen LogP contribution in [0.25, 0.3) is 11.3 Å². The lowest BCUT2D eigenvalue weighted by atomic mass is 9.80. The van der Waals surface area contributed by atoms with E-state index < -0.39 is 0 Å². The molecule has 2 N–H and O–H groups in total. The van der Waals surface area contributed by atoms with Gasteiger partial charge < -0.3 is 10.6 Å². The number of hydrogen-bond acceptors (Lipinski definition) is 6. The Morgan fingerprint density at radius 2 is 1.89 bits per heavy atom. The predicted octanol–water partition coefficient (Wildman–Crippen LogP) is 6.89. The molecule has 4 aromatic rings. The number of fused-ring (bicyclic) bond motifs is 1. The zero-order chi connectivity index (χ0) is 25.3. The Labute approximate surface area is 215 Å². The van der Waals surface area contributed by atoms with Gasteiger partial charge in [-0.25, -0.2) is 9.40 Å². The molecular formula is C28H27ClN6O. The second-order valence-corrected chi connectivity index (χ2v) is 9.91. The van der Waals surface area contributed by atoms with E-state index in [4.69, 9.17) is 11.8 Å². The molecular weight excluding hydrogens is 472 g/mol. The first kappa shape index (κ1) is 23.8. The standard InChI is InChI=1S/C28H27ClN6O/c1-18-8-10-22(31-17-18)20-6-4-5-7-23(20)32-25-13-15-30-27(34-25)35(29)19-9-11-24-21(16-19)28(2,3)14-12-26(36)33-24/h4-11,13,15-17H,12,14H2,1-3H3,(H,33,36)(H,30,32,34). The summed E-state index contributed by atoms with van der Waals surface area (Å²) in [6.45, 7) is 6.29.